The summed E-state index contributed by atoms with van der Waals surface area (Å²) in [5.74, 6) is 1.27. The summed E-state index contributed by atoms with van der Waals surface area (Å²) >= 11 is 5.99. The molecular formula is C14H16ClN3O. The normalized spacial score (nSPS) is 23.5. The highest BCUT2D eigenvalue weighted by molar-refractivity contribution is 6.28. The number of fused-ring (bicyclic) bond motifs is 1. The smallest absolute Gasteiger partial charge is 0.224 e. The Balaban J connectivity index is 1.95. The number of hydrogen-bond donors (Lipinski definition) is 1. The number of nitrogens with one attached hydrogen (secondary N) is 1. The van der Waals surface area contributed by atoms with Gasteiger partial charge in [-0.2, -0.15) is 0 Å². The molecule has 2 atom stereocenters. The van der Waals surface area contributed by atoms with Gasteiger partial charge in [0.25, 0.3) is 0 Å². The first kappa shape index (κ1) is 12.6. The van der Waals surface area contributed by atoms with Crippen LogP contribution >= 0.6 is 11.6 Å². The van der Waals surface area contributed by atoms with Gasteiger partial charge in [-0.15, -0.1) is 0 Å². The largest absolute Gasteiger partial charge is 0.381 e. The van der Waals surface area contributed by atoms with Gasteiger partial charge in [-0.3, -0.25) is 0 Å². The summed E-state index contributed by atoms with van der Waals surface area (Å²) in [5.41, 5.74) is 0.865. The third-order valence-corrected chi connectivity index (χ3v) is 3.71. The van der Waals surface area contributed by atoms with E-state index in [1.54, 1.807) is 0 Å². The maximum absolute atomic E-state index is 5.99. The standard InChI is InChI=1S/C14H16ClN3O/c1-9-8-19-7-6-11(9)16-13-10-4-2-3-5-12(10)17-14(15)18-13/h2-5,9,11H,6-8H2,1H3,(H,16,17,18). The maximum Gasteiger partial charge on any atom is 0.224 e. The molecule has 0 bridgehead atoms. The van der Waals surface area contributed by atoms with Gasteiger partial charge in [-0.1, -0.05) is 19.1 Å². The molecule has 2 aromatic rings. The third kappa shape index (κ3) is 2.65. The first-order valence-electron chi connectivity index (χ1n) is 6.50. The van der Waals surface area contributed by atoms with Crippen molar-refractivity contribution in [2.24, 2.45) is 5.92 Å². The van der Waals surface area contributed by atoms with Crippen LogP contribution in [0.5, 0.6) is 0 Å². The number of para-hydroxylation sites is 1. The van der Waals surface area contributed by atoms with E-state index in [-0.39, 0.29) is 5.28 Å². The van der Waals surface area contributed by atoms with Gasteiger partial charge in [0.1, 0.15) is 5.82 Å². The predicted octanol–water partition coefficient (Wildman–Crippen LogP) is 3.12. The molecule has 1 N–H and O–H groups in total. The highest BCUT2D eigenvalue weighted by Gasteiger charge is 2.22. The van der Waals surface area contributed by atoms with E-state index in [0.717, 1.165) is 36.4 Å². The Hall–Kier alpha value is -1.39. The molecule has 4 nitrogen and oxygen atoms in total. The van der Waals surface area contributed by atoms with E-state index >= 15 is 0 Å². The third-order valence-electron chi connectivity index (χ3n) is 3.54. The van der Waals surface area contributed by atoms with Gasteiger partial charge in [0, 0.05) is 18.0 Å². The molecule has 1 aromatic heterocycles. The average Bonchev–Trinajstić information content (AvgIpc) is 2.41. The molecule has 0 radical (unpaired) electrons. The number of nitrogens with zero attached hydrogens (tertiary/aromatic N) is 2. The van der Waals surface area contributed by atoms with Gasteiger partial charge in [0.05, 0.1) is 12.1 Å². The average molecular weight is 278 g/mol. The maximum atomic E-state index is 5.99. The molecule has 0 spiro atoms. The van der Waals surface area contributed by atoms with Crippen molar-refractivity contribution in [3.63, 3.8) is 0 Å². The van der Waals surface area contributed by atoms with Crippen molar-refractivity contribution in [1.82, 2.24) is 9.97 Å². The van der Waals surface area contributed by atoms with E-state index in [0.29, 0.717) is 12.0 Å². The summed E-state index contributed by atoms with van der Waals surface area (Å²) in [6, 6.07) is 8.26. The van der Waals surface area contributed by atoms with Gasteiger partial charge in [-0.05, 0) is 36.1 Å². The first-order chi connectivity index (χ1) is 9.24. The molecule has 1 aliphatic heterocycles. The van der Waals surface area contributed by atoms with Crippen molar-refractivity contribution in [2.45, 2.75) is 19.4 Å². The molecule has 1 saturated heterocycles. The molecule has 3 rings (SSSR count). The lowest BCUT2D eigenvalue weighted by Crippen LogP contribution is -2.36. The number of benzene rings is 1. The van der Waals surface area contributed by atoms with Crippen LogP contribution in [0.15, 0.2) is 24.3 Å². The minimum absolute atomic E-state index is 0.279. The summed E-state index contributed by atoms with van der Waals surface area (Å²) in [4.78, 5) is 8.57. The Bertz CT molecular complexity index is 590. The topological polar surface area (TPSA) is 47.0 Å². The van der Waals surface area contributed by atoms with Crippen LogP contribution in [-0.4, -0.2) is 29.2 Å². The molecule has 0 amide bonds. The van der Waals surface area contributed by atoms with Crippen LogP contribution < -0.4 is 5.32 Å². The van der Waals surface area contributed by atoms with Crippen molar-refractivity contribution in [3.05, 3.63) is 29.5 Å². The van der Waals surface area contributed by atoms with Crippen LogP contribution in [0.3, 0.4) is 0 Å². The zero-order valence-corrected chi connectivity index (χ0v) is 11.5. The molecule has 2 unspecified atom stereocenters. The predicted molar refractivity (Wildman–Crippen MR) is 76.6 cm³/mol. The lowest BCUT2D eigenvalue weighted by Gasteiger charge is -2.30. The zero-order valence-electron chi connectivity index (χ0n) is 10.8. The van der Waals surface area contributed by atoms with Crippen molar-refractivity contribution in [2.75, 3.05) is 18.5 Å². The lowest BCUT2D eigenvalue weighted by molar-refractivity contribution is 0.0537. The highest BCUT2D eigenvalue weighted by atomic mass is 35.5. The summed E-state index contributed by atoms with van der Waals surface area (Å²) in [7, 11) is 0. The number of halogens is 1. The van der Waals surface area contributed by atoms with Crippen molar-refractivity contribution < 1.29 is 4.74 Å². The second-order valence-corrected chi connectivity index (χ2v) is 5.29. The van der Waals surface area contributed by atoms with Crippen molar-refractivity contribution in [1.29, 1.82) is 0 Å². The lowest BCUT2D eigenvalue weighted by atomic mass is 9.98. The van der Waals surface area contributed by atoms with E-state index < -0.39 is 0 Å². The van der Waals surface area contributed by atoms with Crippen LogP contribution in [0, 0.1) is 5.92 Å². The Morgan fingerprint density at radius 2 is 2.16 bits per heavy atom. The van der Waals surface area contributed by atoms with E-state index in [1.165, 1.54) is 0 Å². The molecule has 19 heavy (non-hydrogen) atoms. The Morgan fingerprint density at radius 1 is 1.32 bits per heavy atom. The van der Waals surface area contributed by atoms with E-state index in [4.69, 9.17) is 16.3 Å². The van der Waals surface area contributed by atoms with Crippen LogP contribution in [0.4, 0.5) is 5.82 Å². The minimum atomic E-state index is 0.279. The first-order valence-corrected chi connectivity index (χ1v) is 6.88. The second-order valence-electron chi connectivity index (χ2n) is 4.95. The molecule has 0 saturated carbocycles. The Kier molecular flexibility index (Phi) is 3.53. The van der Waals surface area contributed by atoms with Crippen LogP contribution in [0.1, 0.15) is 13.3 Å². The van der Waals surface area contributed by atoms with Gasteiger partial charge in [0.15, 0.2) is 0 Å². The molecule has 100 valence electrons. The summed E-state index contributed by atoms with van der Waals surface area (Å²) in [6.45, 7) is 3.76. The minimum Gasteiger partial charge on any atom is -0.381 e. The van der Waals surface area contributed by atoms with Crippen LogP contribution in [0.25, 0.3) is 10.9 Å². The highest BCUT2D eigenvalue weighted by Crippen LogP contribution is 2.25. The molecular weight excluding hydrogens is 262 g/mol. The molecule has 1 fully saturated rings. The van der Waals surface area contributed by atoms with Gasteiger partial charge >= 0.3 is 0 Å². The Labute approximate surface area is 117 Å². The fraction of sp³-hybridized carbons (Fsp3) is 0.429. The fourth-order valence-electron chi connectivity index (χ4n) is 2.43. The van der Waals surface area contributed by atoms with E-state index in [2.05, 4.69) is 22.2 Å². The quantitative estimate of drug-likeness (QED) is 0.857. The van der Waals surface area contributed by atoms with E-state index in [1.807, 2.05) is 24.3 Å². The number of ether oxygens (including phenoxy) is 1. The number of hydrogen-bond acceptors (Lipinski definition) is 4. The van der Waals surface area contributed by atoms with Crippen LogP contribution in [-0.2, 0) is 4.74 Å². The monoisotopic (exact) mass is 277 g/mol. The Morgan fingerprint density at radius 3 is 3.00 bits per heavy atom. The summed E-state index contributed by atoms with van der Waals surface area (Å²) in [6.07, 6.45) is 0.983. The zero-order chi connectivity index (χ0) is 13.2. The summed E-state index contributed by atoms with van der Waals surface area (Å²) in [5, 5.41) is 4.78. The molecule has 5 heteroatoms. The van der Waals surface area contributed by atoms with Gasteiger partial charge < -0.3 is 10.1 Å². The van der Waals surface area contributed by atoms with Gasteiger partial charge in [0.2, 0.25) is 5.28 Å². The number of aromatic nitrogens is 2. The van der Waals surface area contributed by atoms with E-state index in [9.17, 15) is 0 Å². The summed E-state index contributed by atoms with van der Waals surface area (Å²) < 4.78 is 5.46. The molecule has 0 aliphatic carbocycles. The fourth-order valence-corrected chi connectivity index (χ4v) is 2.60. The van der Waals surface area contributed by atoms with Crippen molar-refractivity contribution in [3.8, 4) is 0 Å². The molecule has 2 heterocycles. The SMILES string of the molecule is CC1COCCC1Nc1nc(Cl)nc2ccccc12. The van der Waals surface area contributed by atoms with Gasteiger partial charge in [-0.25, -0.2) is 9.97 Å². The number of rotatable bonds is 2. The molecule has 1 aliphatic rings. The van der Waals surface area contributed by atoms with Crippen LogP contribution in [0.2, 0.25) is 5.28 Å². The number of anilines is 1. The molecule has 1 aromatic carbocycles. The second kappa shape index (κ2) is 5.31. The van der Waals surface area contributed by atoms with Crippen molar-refractivity contribution >= 4 is 28.3 Å².